The van der Waals surface area contributed by atoms with Gasteiger partial charge in [-0.2, -0.15) is 55.1 Å². The van der Waals surface area contributed by atoms with E-state index in [0.717, 1.165) is 18.6 Å². The van der Waals surface area contributed by atoms with Crippen molar-refractivity contribution in [1.29, 1.82) is 0 Å². The van der Waals surface area contributed by atoms with E-state index in [-0.39, 0.29) is 10.8 Å². The van der Waals surface area contributed by atoms with Gasteiger partial charge in [0.1, 0.15) is 0 Å². The van der Waals surface area contributed by atoms with Crippen LogP contribution in [-0.2, 0) is 47.7 Å². The summed E-state index contributed by atoms with van der Waals surface area (Å²) in [6.45, 7) is 25.2. The molecule has 48 heavy (non-hydrogen) atoms. The molecule has 4 aliphatic carbocycles. The summed E-state index contributed by atoms with van der Waals surface area (Å²) >= 11 is 1.30. The van der Waals surface area contributed by atoms with Crippen molar-refractivity contribution >= 4 is 23.4 Å². The summed E-state index contributed by atoms with van der Waals surface area (Å²) in [6, 6.07) is 16.8. The molecule has 0 heterocycles. The molecule has 0 saturated heterocycles. The van der Waals surface area contributed by atoms with Crippen LogP contribution >= 0.6 is 0 Å². The quantitative estimate of drug-likeness (QED) is 0.135. The van der Waals surface area contributed by atoms with Crippen molar-refractivity contribution in [3.05, 3.63) is 129 Å². The minimum atomic E-state index is -4.23. The number of benzene rings is 3. The van der Waals surface area contributed by atoms with Crippen molar-refractivity contribution in [2.75, 3.05) is 0 Å². The molecule has 0 fully saturated rings. The molecule has 7 rings (SSSR count). The molecule has 0 saturated carbocycles. The van der Waals surface area contributed by atoms with Gasteiger partial charge in [0.15, 0.2) is 0 Å². The van der Waals surface area contributed by atoms with E-state index in [1.54, 1.807) is 5.20 Å². The van der Waals surface area contributed by atoms with E-state index in [0.29, 0.717) is 5.92 Å². The molecular weight excluding hydrogens is 693 g/mol. The summed E-state index contributed by atoms with van der Waals surface area (Å²) in [5.41, 5.74) is 15.3. The molecule has 0 radical (unpaired) electrons. The third-order valence-electron chi connectivity index (χ3n) is 9.55. The predicted octanol–water partition coefficient (Wildman–Crippen LogP) is 12.1. The Labute approximate surface area is 303 Å². The molecule has 3 aromatic carbocycles. The zero-order valence-corrected chi connectivity index (χ0v) is 33.9. The molecule has 0 nitrogen and oxygen atoms in total. The van der Waals surface area contributed by atoms with Gasteiger partial charge >= 0.3 is 34.6 Å². The van der Waals surface area contributed by atoms with Crippen LogP contribution in [0.25, 0.3) is 22.3 Å². The zero-order valence-electron chi connectivity index (χ0n) is 30.4. The van der Waals surface area contributed by atoms with Gasteiger partial charge in [0.25, 0.3) is 0 Å². The van der Waals surface area contributed by atoms with Crippen molar-refractivity contribution in [3.63, 3.8) is 0 Å². The van der Waals surface area contributed by atoms with Gasteiger partial charge in [-0.05, 0) is 66.4 Å². The summed E-state index contributed by atoms with van der Waals surface area (Å²) < 4.78 is 38.7. The first-order valence-electron chi connectivity index (χ1n) is 16.6. The van der Waals surface area contributed by atoms with Gasteiger partial charge in [0, 0.05) is 5.41 Å². The zero-order chi connectivity index (χ0) is 36.0. The van der Waals surface area contributed by atoms with E-state index < -0.39 is 19.8 Å². The number of fused-ring (bicyclic) bond motifs is 5. The standard InChI is InChI=1S/C25H25.C10H17Si.C7H4F3.CH2.Zr/c1-14-12-24(3,4)22-8-16-7-17-9-23-19(15(2)13-25(23,5)6)11-21(17)20(16)10-18(14)22;1-8-6-9(2)10(7-8)11(3,4)5;8-7(9,10)6-4-2-1-3-5-6;;/h8-12H,7H2,1-6H3;7-8H,1-5H3;2-5H;1H2;/q3*-1;;. The minimum absolute atomic E-state index is 0.0340. The number of rotatable bonds is 1. The van der Waals surface area contributed by atoms with Gasteiger partial charge in [-0.25, -0.2) is 16.3 Å². The summed E-state index contributed by atoms with van der Waals surface area (Å²) in [4.78, 5) is 0. The fraction of sp³-hybridized carbons (Fsp3) is 0.372. The van der Waals surface area contributed by atoms with Gasteiger partial charge in [-0.15, -0.1) is 11.6 Å². The summed E-state index contributed by atoms with van der Waals surface area (Å²) in [6.07, 6.45) is 8.72. The Balaban J connectivity index is 0.000000188. The van der Waals surface area contributed by atoms with Crippen LogP contribution in [0.15, 0.2) is 71.5 Å². The fourth-order valence-electron chi connectivity index (χ4n) is 7.50. The van der Waals surface area contributed by atoms with E-state index in [9.17, 15) is 13.2 Å². The third kappa shape index (κ3) is 7.89. The second-order valence-corrected chi connectivity index (χ2v) is 20.4. The maximum atomic E-state index is 11.8. The first kappa shape index (κ1) is 38.2. The van der Waals surface area contributed by atoms with Crippen molar-refractivity contribution in [3.8, 4) is 11.1 Å². The molecule has 0 bridgehead atoms. The van der Waals surface area contributed by atoms with Crippen LogP contribution in [0, 0.1) is 24.1 Å². The number of allylic oxidation sites excluding steroid dienone is 8. The Hall–Kier alpha value is -2.62. The van der Waals surface area contributed by atoms with E-state index in [1.165, 1.54) is 97.6 Å². The van der Waals surface area contributed by atoms with Crippen molar-refractivity contribution < 1.29 is 37.4 Å². The Kier molecular flexibility index (Phi) is 11.1. The second kappa shape index (κ2) is 13.9. The molecule has 0 aromatic heterocycles. The summed E-state index contributed by atoms with van der Waals surface area (Å²) in [5.74, 6) is 0.553. The number of alkyl halides is 3. The van der Waals surface area contributed by atoms with Crippen molar-refractivity contribution in [2.24, 2.45) is 5.92 Å². The first-order chi connectivity index (χ1) is 22.2. The molecule has 1 unspecified atom stereocenters. The monoisotopic (exact) mass is 739 g/mol. The first-order valence-corrected chi connectivity index (χ1v) is 21.8. The van der Waals surface area contributed by atoms with Crippen molar-refractivity contribution in [2.45, 2.75) is 98.5 Å². The van der Waals surface area contributed by atoms with Crippen LogP contribution in [-0.4, -0.2) is 12.3 Å². The molecule has 0 spiro atoms. The molecule has 0 aliphatic heterocycles. The molecule has 1 atom stereocenters. The van der Waals surface area contributed by atoms with Gasteiger partial charge < -0.3 is 0 Å². The topological polar surface area (TPSA) is 0 Å². The van der Waals surface area contributed by atoms with Crippen LogP contribution in [0.1, 0.15) is 94.3 Å². The van der Waals surface area contributed by atoms with Crippen LogP contribution in [0.2, 0.25) is 19.6 Å². The summed E-state index contributed by atoms with van der Waals surface area (Å²) in [5, 5.41) is 1.60. The van der Waals surface area contributed by atoms with E-state index in [2.05, 4.69) is 134 Å². The van der Waals surface area contributed by atoms with Gasteiger partial charge in [0.05, 0.1) is 0 Å². The Morgan fingerprint density at radius 1 is 0.812 bits per heavy atom. The molecule has 0 amide bonds. The average molecular weight is 741 g/mol. The molecule has 0 N–H and O–H groups in total. The average Bonchev–Trinajstić information content (AvgIpc) is 3.67. The fourth-order valence-corrected chi connectivity index (χ4v) is 9.45. The normalized spacial score (nSPS) is 18.9. The molecule has 3 aromatic rings. The molecule has 5 heteroatoms. The number of halogens is 3. The van der Waals surface area contributed by atoms with Gasteiger partial charge in [-0.3, -0.25) is 12.2 Å². The maximum absolute atomic E-state index is 11.8. The van der Waals surface area contributed by atoms with Crippen LogP contribution in [0.4, 0.5) is 13.2 Å². The Morgan fingerprint density at radius 3 is 1.81 bits per heavy atom. The Bertz CT molecular complexity index is 1740. The van der Waals surface area contributed by atoms with E-state index in [4.69, 9.17) is 0 Å². The van der Waals surface area contributed by atoms with Gasteiger partial charge in [0.2, 0.25) is 0 Å². The summed E-state index contributed by atoms with van der Waals surface area (Å²) in [7, 11) is -1.07. The van der Waals surface area contributed by atoms with E-state index >= 15 is 0 Å². The molecule has 4 aliphatic rings. The second-order valence-electron chi connectivity index (χ2n) is 15.4. The molecular formula is C43H48F3SiZr-3. The van der Waals surface area contributed by atoms with Crippen LogP contribution < -0.4 is 0 Å². The van der Waals surface area contributed by atoms with Crippen LogP contribution in [0.5, 0.6) is 0 Å². The number of hydrogen-bond acceptors (Lipinski definition) is 0. The third-order valence-corrected chi connectivity index (χ3v) is 11.7. The van der Waals surface area contributed by atoms with E-state index in [1.807, 2.05) is 0 Å². The SMILES string of the molecule is CC1=[C-]C(C)(C)c2cc3c(cc21)-c1cc2c(cc1C3)C(C)(C)C=C2C.CC1=[C-]C(C)C=C1[Si](C)(C)C.FC(F)(F)c1cc[c-]cc1.[CH2]=[Zr]. The molecule has 252 valence electrons. The van der Waals surface area contributed by atoms with Crippen LogP contribution in [0.3, 0.4) is 0 Å². The van der Waals surface area contributed by atoms with Crippen molar-refractivity contribution in [1.82, 2.24) is 0 Å². The van der Waals surface area contributed by atoms with Gasteiger partial charge in [-0.1, -0.05) is 103 Å². The predicted molar refractivity (Wildman–Crippen MR) is 197 cm³/mol. The number of hydrogen-bond donors (Lipinski definition) is 0. The Morgan fingerprint density at radius 2 is 1.35 bits per heavy atom.